The second-order valence-electron chi connectivity index (χ2n) is 8.31. The van der Waals surface area contributed by atoms with Crippen LogP contribution in [0.2, 0.25) is 57.9 Å². The highest BCUT2D eigenvalue weighted by atomic mass is 28.5. The first-order valence-electron chi connectivity index (χ1n) is 9.09. The van der Waals surface area contributed by atoms with Crippen LogP contribution in [-0.2, 0) is 12.3 Å². The highest BCUT2D eigenvalue weighted by Gasteiger charge is 2.45. The molecule has 8 heteroatoms. The van der Waals surface area contributed by atoms with E-state index in [1.54, 1.807) is 0 Å². The van der Waals surface area contributed by atoms with Crippen molar-refractivity contribution in [1.82, 2.24) is 0 Å². The zero-order chi connectivity index (χ0) is 19.1. The molecule has 4 nitrogen and oxygen atoms in total. The Morgan fingerprint density at radius 1 is 0.875 bits per heavy atom. The molecule has 1 atom stereocenters. The SMILES string of the molecule is C#C[Si](C)(O[Si](C)(C)CCCC)O[Si](C)(C)O[Si](C)(C)CCCN.[HH]. The van der Waals surface area contributed by atoms with Crippen molar-refractivity contribution >= 4 is 33.8 Å². The molecule has 0 bridgehead atoms. The van der Waals surface area contributed by atoms with Gasteiger partial charge in [-0.05, 0) is 70.9 Å². The standard InChI is InChI=1S/C16H39NO3Si4.H2/c1-10-12-15-22(5,6)19-24(9,11-2)20-23(7,8)18-21(3,4)16-13-14-17;/h2H,10,12-17H2,1,3-9H3;1H. The van der Waals surface area contributed by atoms with Gasteiger partial charge in [0.05, 0.1) is 0 Å². The van der Waals surface area contributed by atoms with E-state index in [0.717, 1.165) is 18.5 Å². The second-order valence-corrected chi connectivity index (χ2v) is 23.8. The Morgan fingerprint density at radius 3 is 1.83 bits per heavy atom. The molecular weight excluding hydrogens is 367 g/mol. The van der Waals surface area contributed by atoms with E-state index in [1.165, 1.54) is 12.8 Å². The highest BCUT2D eigenvalue weighted by molar-refractivity contribution is 6.92. The Labute approximate surface area is 156 Å². The molecule has 0 amide bonds. The van der Waals surface area contributed by atoms with Crippen LogP contribution in [0.5, 0.6) is 0 Å². The molecule has 0 aliphatic rings. The van der Waals surface area contributed by atoms with E-state index in [1.807, 2.05) is 6.55 Å². The van der Waals surface area contributed by atoms with Crippen LogP contribution in [0.4, 0.5) is 0 Å². The number of unbranched alkanes of at least 4 members (excludes halogenated alkanes) is 1. The van der Waals surface area contributed by atoms with Crippen molar-refractivity contribution < 1.29 is 13.8 Å². The maximum absolute atomic E-state index is 6.50. The quantitative estimate of drug-likeness (QED) is 0.373. The first-order chi connectivity index (χ1) is 10.8. The van der Waals surface area contributed by atoms with E-state index in [2.05, 4.69) is 51.7 Å². The topological polar surface area (TPSA) is 53.7 Å². The summed E-state index contributed by atoms with van der Waals surface area (Å²) in [6, 6.07) is 2.17. The average Bonchev–Trinajstić information content (AvgIpc) is 2.40. The molecule has 24 heavy (non-hydrogen) atoms. The lowest BCUT2D eigenvalue weighted by Gasteiger charge is -2.40. The molecule has 0 saturated carbocycles. The van der Waals surface area contributed by atoms with Gasteiger partial charge in [-0.25, -0.2) is 0 Å². The summed E-state index contributed by atoms with van der Waals surface area (Å²) < 4.78 is 19.4. The van der Waals surface area contributed by atoms with Crippen molar-refractivity contribution in [2.75, 3.05) is 6.54 Å². The molecule has 0 aromatic heterocycles. The van der Waals surface area contributed by atoms with Crippen molar-refractivity contribution in [2.24, 2.45) is 5.73 Å². The lowest BCUT2D eigenvalue weighted by Crippen LogP contribution is -2.57. The first-order valence-corrected chi connectivity index (χ1v) is 20.4. The molecule has 0 aliphatic heterocycles. The minimum atomic E-state index is -2.65. The molecule has 1 unspecified atom stereocenters. The smallest absolute Gasteiger partial charge is 0.401 e. The fourth-order valence-corrected chi connectivity index (χ4v) is 20.9. The Morgan fingerprint density at radius 2 is 1.38 bits per heavy atom. The van der Waals surface area contributed by atoms with Crippen LogP contribution < -0.4 is 5.73 Å². The minimum absolute atomic E-state index is 0. The molecule has 0 saturated heterocycles. The van der Waals surface area contributed by atoms with E-state index in [-0.39, 0.29) is 1.43 Å². The summed E-state index contributed by atoms with van der Waals surface area (Å²) >= 11 is 0. The van der Waals surface area contributed by atoms with Gasteiger partial charge in [-0.1, -0.05) is 25.3 Å². The van der Waals surface area contributed by atoms with E-state index in [4.69, 9.17) is 24.5 Å². The van der Waals surface area contributed by atoms with E-state index in [9.17, 15) is 0 Å². The molecule has 0 fully saturated rings. The first kappa shape index (κ1) is 24.3. The van der Waals surface area contributed by atoms with Crippen molar-refractivity contribution in [3.05, 3.63) is 0 Å². The zero-order valence-corrected chi connectivity index (χ0v) is 21.1. The fraction of sp³-hybridized carbons (Fsp3) is 0.875. The van der Waals surface area contributed by atoms with Gasteiger partial charge >= 0.3 is 17.1 Å². The van der Waals surface area contributed by atoms with Gasteiger partial charge in [0, 0.05) is 1.43 Å². The van der Waals surface area contributed by atoms with Crippen molar-refractivity contribution in [1.29, 1.82) is 0 Å². The molecule has 0 aromatic carbocycles. The maximum atomic E-state index is 6.50. The van der Waals surface area contributed by atoms with Crippen LogP contribution in [0, 0.1) is 12.0 Å². The number of rotatable bonds is 12. The summed E-state index contributed by atoms with van der Waals surface area (Å²) in [6.45, 7) is 18.0. The van der Waals surface area contributed by atoms with E-state index >= 15 is 0 Å². The maximum Gasteiger partial charge on any atom is 0.401 e. The average molecular weight is 408 g/mol. The van der Waals surface area contributed by atoms with Gasteiger partial charge in [-0.3, -0.25) is 0 Å². The number of hydrogen-bond donors (Lipinski definition) is 1. The Bertz CT molecular complexity index is 430. The van der Waals surface area contributed by atoms with Crippen LogP contribution in [0.25, 0.3) is 0 Å². The van der Waals surface area contributed by atoms with Crippen LogP contribution in [-0.4, -0.2) is 40.3 Å². The molecule has 0 radical (unpaired) electrons. The van der Waals surface area contributed by atoms with Gasteiger partial charge < -0.3 is 18.1 Å². The summed E-state index contributed by atoms with van der Waals surface area (Å²) in [5, 5.41) is 0. The summed E-state index contributed by atoms with van der Waals surface area (Å²) in [5.74, 6) is 0. The molecule has 2 N–H and O–H groups in total. The lowest BCUT2D eigenvalue weighted by atomic mass is 10.4. The molecule has 0 heterocycles. The molecule has 0 aromatic rings. The molecule has 144 valence electrons. The number of hydrogen-bond acceptors (Lipinski definition) is 4. The van der Waals surface area contributed by atoms with Crippen molar-refractivity contribution in [3.8, 4) is 12.0 Å². The number of terminal acetylenes is 1. The van der Waals surface area contributed by atoms with Crippen LogP contribution in [0.3, 0.4) is 0 Å². The third kappa shape index (κ3) is 10.3. The van der Waals surface area contributed by atoms with Crippen molar-refractivity contribution in [2.45, 2.75) is 84.1 Å². The zero-order valence-electron chi connectivity index (χ0n) is 17.1. The fourth-order valence-electron chi connectivity index (χ4n) is 2.99. The van der Waals surface area contributed by atoms with Gasteiger partial charge in [0.15, 0.2) is 16.6 Å². The predicted octanol–water partition coefficient (Wildman–Crippen LogP) is 4.79. The molecular formula is C16H41NO3Si4. The summed E-state index contributed by atoms with van der Waals surface area (Å²) in [7, 11) is -8.58. The normalized spacial score (nSPS) is 15.8. The molecule has 0 spiro atoms. The third-order valence-corrected chi connectivity index (χ3v) is 18.9. The third-order valence-electron chi connectivity index (χ3n) is 3.81. The van der Waals surface area contributed by atoms with Gasteiger partial charge in [0.25, 0.3) is 0 Å². The van der Waals surface area contributed by atoms with E-state index in [0.29, 0.717) is 6.54 Å². The Balaban J connectivity index is 0. The Hall–Kier alpha value is 0.268. The molecule has 0 rings (SSSR count). The van der Waals surface area contributed by atoms with E-state index < -0.39 is 33.8 Å². The highest BCUT2D eigenvalue weighted by Crippen LogP contribution is 2.27. The van der Waals surface area contributed by atoms with Crippen LogP contribution >= 0.6 is 0 Å². The largest absolute Gasteiger partial charge is 0.436 e. The van der Waals surface area contributed by atoms with Gasteiger partial charge in [-0.2, -0.15) is 0 Å². The summed E-state index contributed by atoms with van der Waals surface area (Å²) in [5.41, 5.74) is 8.52. The molecule has 0 aliphatic carbocycles. The van der Waals surface area contributed by atoms with Crippen LogP contribution in [0.1, 0.15) is 27.6 Å². The van der Waals surface area contributed by atoms with Gasteiger partial charge in [0.1, 0.15) is 0 Å². The minimum Gasteiger partial charge on any atom is -0.436 e. The summed E-state index contributed by atoms with van der Waals surface area (Å²) in [4.78, 5) is 0. The van der Waals surface area contributed by atoms with Gasteiger partial charge in [-0.15, -0.1) is 6.42 Å². The lowest BCUT2D eigenvalue weighted by molar-refractivity contribution is 0.334. The monoisotopic (exact) mass is 407 g/mol. The number of nitrogens with two attached hydrogens (primary N) is 1. The predicted molar refractivity (Wildman–Crippen MR) is 116 cm³/mol. The Kier molecular flexibility index (Phi) is 9.93. The van der Waals surface area contributed by atoms with Gasteiger partial charge in [0.2, 0.25) is 0 Å². The second kappa shape index (κ2) is 9.82. The van der Waals surface area contributed by atoms with Crippen molar-refractivity contribution in [3.63, 3.8) is 0 Å². The van der Waals surface area contributed by atoms with Crippen LogP contribution in [0.15, 0.2) is 0 Å². The summed E-state index contributed by atoms with van der Waals surface area (Å²) in [6.07, 6.45) is 9.21.